The zero-order chi connectivity index (χ0) is 8.39. The Labute approximate surface area is 101 Å². The first kappa shape index (κ1) is 11.2. The summed E-state index contributed by atoms with van der Waals surface area (Å²) < 4.78 is 0.738. The number of rotatable bonds is 2. The van der Waals surface area contributed by atoms with Gasteiger partial charge in [0, 0.05) is 0 Å². The third-order valence-corrected chi connectivity index (χ3v) is 4.16. The summed E-state index contributed by atoms with van der Waals surface area (Å²) in [5.41, 5.74) is 3.20. The van der Waals surface area contributed by atoms with Gasteiger partial charge in [-0.2, -0.15) is 0 Å². The Hall–Kier alpha value is 0.133. The van der Waals surface area contributed by atoms with Crippen molar-refractivity contribution in [3.8, 4) is 0 Å². The Kier molecular flexibility index (Phi) is 4.42. The van der Waals surface area contributed by atoms with Gasteiger partial charge in [0.15, 0.2) is 0 Å². The Balaban J connectivity index is 0.000000845. The third-order valence-electron chi connectivity index (χ3n) is 2.34. The van der Waals surface area contributed by atoms with Crippen LogP contribution >= 0.6 is 12.4 Å². The molecule has 0 aromatic heterocycles. The van der Waals surface area contributed by atoms with Crippen LogP contribution in [-0.4, -0.2) is 0 Å². The Morgan fingerprint density at radius 1 is 1.00 bits per heavy atom. The monoisotopic (exact) mass is 269 g/mol. The van der Waals surface area contributed by atoms with E-state index in [1.807, 2.05) is 0 Å². The van der Waals surface area contributed by atoms with Gasteiger partial charge in [0.05, 0.1) is 0 Å². The summed E-state index contributed by atoms with van der Waals surface area (Å²) in [6, 6.07) is 0. The van der Waals surface area contributed by atoms with E-state index in [1.165, 1.54) is 12.8 Å². The molecule has 0 amide bonds. The topological polar surface area (TPSA) is 0 Å². The first-order chi connectivity index (χ1) is 5.88. The number of allylic oxidation sites excluding steroid dienone is 8. The molecule has 0 atom stereocenters. The van der Waals surface area contributed by atoms with Gasteiger partial charge in [-0.3, -0.25) is 0 Å². The first-order valence-electron chi connectivity index (χ1n) is 4.30. The molecular formula is C11H12ClZr. The van der Waals surface area contributed by atoms with Gasteiger partial charge in [-0.05, 0) is 0 Å². The van der Waals surface area contributed by atoms with E-state index >= 15 is 0 Å². The van der Waals surface area contributed by atoms with Gasteiger partial charge in [0.1, 0.15) is 0 Å². The zero-order valence-electron chi connectivity index (χ0n) is 7.36. The molecule has 2 rings (SSSR count). The van der Waals surface area contributed by atoms with Crippen LogP contribution in [0, 0.1) is 0 Å². The minimum atomic E-state index is 0. The van der Waals surface area contributed by atoms with E-state index < -0.39 is 0 Å². The quantitative estimate of drug-likeness (QED) is 0.720. The molecule has 0 radical (unpaired) electrons. The second-order valence-corrected chi connectivity index (χ2v) is 4.60. The molecule has 0 nitrogen and oxygen atoms in total. The third kappa shape index (κ3) is 2.54. The fraction of sp³-hybridized carbons (Fsp3) is 0.273. The van der Waals surface area contributed by atoms with Crippen molar-refractivity contribution < 1.29 is 24.7 Å². The Morgan fingerprint density at radius 2 is 1.46 bits per heavy atom. The summed E-state index contributed by atoms with van der Waals surface area (Å²) >= 11 is 1.63. The molecular weight excluding hydrogens is 259 g/mol. The van der Waals surface area contributed by atoms with Crippen LogP contribution in [0.4, 0.5) is 0 Å². The summed E-state index contributed by atoms with van der Waals surface area (Å²) in [6.07, 6.45) is 15.7. The molecule has 67 valence electrons. The molecule has 2 heteroatoms. The van der Waals surface area contributed by atoms with Crippen LogP contribution in [0.1, 0.15) is 12.8 Å². The maximum atomic E-state index is 2.28. The molecule has 0 unspecified atom stereocenters. The van der Waals surface area contributed by atoms with Crippen LogP contribution in [-0.2, 0) is 24.7 Å². The predicted octanol–water partition coefficient (Wildman–Crippen LogP) is 3.52. The van der Waals surface area contributed by atoms with Crippen molar-refractivity contribution in [2.75, 3.05) is 0 Å². The van der Waals surface area contributed by atoms with Gasteiger partial charge >= 0.3 is 88.8 Å². The van der Waals surface area contributed by atoms with Crippen LogP contribution in [0.15, 0.2) is 47.6 Å². The van der Waals surface area contributed by atoms with Crippen molar-refractivity contribution in [1.82, 2.24) is 0 Å². The normalized spacial score (nSPS) is 18.8. The van der Waals surface area contributed by atoms with Crippen LogP contribution in [0.3, 0.4) is 0 Å². The summed E-state index contributed by atoms with van der Waals surface area (Å²) in [5, 5.41) is 0. The van der Waals surface area contributed by atoms with Gasteiger partial charge < -0.3 is 0 Å². The van der Waals surface area contributed by atoms with Gasteiger partial charge in [0.2, 0.25) is 0 Å². The van der Waals surface area contributed by atoms with E-state index in [1.54, 1.807) is 35.9 Å². The van der Waals surface area contributed by atoms with E-state index in [-0.39, 0.29) is 12.4 Å². The minimum absolute atomic E-state index is 0. The predicted molar refractivity (Wildman–Crippen MR) is 54.7 cm³/mol. The zero-order valence-corrected chi connectivity index (χ0v) is 10.6. The van der Waals surface area contributed by atoms with Gasteiger partial charge in [-0.25, -0.2) is 0 Å². The molecule has 0 fully saturated rings. The first-order valence-corrected chi connectivity index (χ1v) is 5.72. The second-order valence-electron chi connectivity index (χ2n) is 3.18. The summed E-state index contributed by atoms with van der Waals surface area (Å²) in [4.78, 5) is 0. The molecule has 0 heterocycles. The van der Waals surface area contributed by atoms with E-state index in [2.05, 4.69) is 36.5 Å². The van der Waals surface area contributed by atoms with E-state index in [4.69, 9.17) is 0 Å². The van der Waals surface area contributed by atoms with Crippen molar-refractivity contribution in [3.05, 3.63) is 47.6 Å². The molecule has 0 aromatic carbocycles. The van der Waals surface area contributed by atoms with Gasteiger partial charge in [0.25, 0.3) is 0 Å². The molecule has 0 saturated carbocycles. The molecule has 0 aliphatic heterocycles. The van der Waals surface area contributed by atoms with Crippen molar-refractivity contribution >= 4 is 12.4 Å². The fourth-order valence-electron chi connectivity index (χ4n) is 1.59. The summed E-state index contributed by atoms with van der Waals surface area (Å²) in [6.45, 7) is 0. The molecule has 0 spiro atoms. The summed E-state index contributed by atoms with van der Waals surface area (Å²) in [5.74, 6) is 0. The second kappa shape index (κ2) is 5.12. The Bertz CT molecular complexity index is 267. The van der Waals surface area contributed by atoms with E-state index in [0.29, 0.717) is 0 Å². The van der Waals surface area contributed by atoms with Crippen molar-refractivity contribution in [3.63, 3.8) is 0 Å². The van der Waals surface area contributed by atoms with Gasteiger partial charge in [-0.1, -0.05) is 0 Å². The van der Waals surface area contributed by atoms with Crippen molar-refractivity contribution in [2.45, 2.75) is 16.5 Å². The molecule has 0 bridgehead atoms. The molecule has 2 aliphatic carbocycles. The number of hydrogen-bond donors (Lipinski definition) is 0. The van der Waals surface area contributed by atoms with E-state index in [0.717, 1.165) is 3.63 Å². The van der Waals surface area contributed by atoms with Crippen LogP contribution < -0.4 is 0 Å². The molecule has 0 N–H and O–H groups in total. The van der Waals surface area contributed by atoms with Gasteiger partial charge in [-0.15, -0.1) is 12.4 Å². The standard InChI is InChI=1S/C11H11.ClH.Zr/c1-2-6-10(5-1)9-11-7-3-4-8-11;;/h1-5,7,9H,6,8H2;1H;. The van der Waals surface area contributed by atoms with Crippen LogP contribution in [0.25, 0.3) is 0 Å². The Morgan fingerprint density at radius 3 is 1.77 bits per heavy atom. The number of halogens is 1. The maximum absolute atomic E-state index is 2.28. The molecule has 13 heavy (non-hydrogen) atoms. The summed E-state index contributed by atoms with van der Waals surface area (Å²) in [7, 11) is 0. The average Bonchev–Trinajstić information content (AvgIpc) is 2.77. The van der Waals surface area contributed by atoms with Crippen molar-refractivity contribution in [2.24, 2.45) is 0 Å². The molecule has 2 aliphatic rings. The average molecular weight is 271 g/mol. The molecule has 0 aromatic rings. The van der Waals surface area contributed by atoms with Crippen LogP contribution in [0.2, 0.25) is 3.63 Å². The number of hydrogen-bond acceptors (Lipinski definition) is 0. The van der Waals surface area contributed by atoms with Crippen LogP contribution in [0.5, 0.6) is 0 Å². The SMILES string of the molecule is Cl.[Zr][CH](C1=CC=CC1)C1=CC=CC1. The fourth-order valence-corrected chi connectivity index (χ4v) is 2.65. The van der Waals surface area contributed by atoms with E-state index in [9.17, 15) is 0 Å². The van der Waals surface area contributed by atoms with Crippen molar-refractivity contribution in [1.29, 1.82) is 0 Å². The molecule has 0 saturated heterocycles.